The number of hydrogen-bond acceptors (Lipinski definition) is 3. The lowest BCUT2D eigenvalue weighted by atomic mass is 10.0. The average Bonchev–Trinajstić information content (AvgIpc) is 2.57. The maximum absolute atomic E-state index is 13.2. The Hall–Kier alpha value is -1.38. The summed E-state index contributed by atoms with van der Waals surface area (Å²) in [5.74, 6) is -43.3. The molecule has 0 rings (SSSR count). The molecule has 0 fully saturated rings. The molecular weight excluding hydrogens is 603 g/mol. The van der Waals surface area contributed by atoms with Crippen LogP contribution in [0.4, 0.5) is 87.8 Å². The van der Waals surface area contributed by atoms with Crippen molar-refractivity contribution in [2.45, 2.75) is 73.4 Å². The number of halogens is 20. The summed E-state index contributed by atoms with van der Waals surface area (Å²) in [6.07, 6.45) is -30.4. The molecule has 24 heteroatoms. The third-order valence-corrected chi connectivity index (χ3v) is 4.46. The van der Waals surface area contributed by atoms with Gasteiger partial charge in [-0.1, -0.05) is 9.05 Å². The third kappa shape index (κ3) is 6.54. The lowest BCUT2D eigenvalue weighted by Gasteiger charge is -2.33. The molecule has 0 aliphatic rings. The molecule has 3 nitrogen and oxygen atoms in total. The zero-order chi connectivity index (χ0) is 29.6. The molecule has 2 atom stereocenters. The zero-order valence-corrected chi connectivity index (χ0v) is 16.7. The van der Waals surface area contributed by atoms with E-state index in [0.29, 0.717) is 0 Å². The highest BCUT2D eigenvalue weighted by Gasteiger charge is 2.83. The van der Waals surface area contributed by atoms with Crippen molar-refractivity contribution in [2.24, 2.45) is 0 Å². The Labute approximate surface area is 184 Å². The summed E-state index contributed by atoms with van der Waals surface area (Å²) < 4.78 is 269. The molecule has 0 aliphatic heterocycles. The van der Waals surface area contributed by atoms with Crippen LogP contribution in [0.2, 0.25) is 0 Å². The van der Waals surface area contributed by atoms with Gasteiger partial charge in [0.1, 0.15) is 0 Å². The van der Waals surface area contributed by atoms with Gasteiger partial charge in [0.05, 0.1) is 12.8 Å². The van der Waals surface area contributed by atoms with Crippen LogP contribution in [-0.4, -0.2) is 60.6 Å². The summed E-state index contributed by atoms with van der Waals surface area (Å²) in [7, 11) is -4.91. The predicted molar refractivity (Wildman–Crippen MR) is 70.6 cm³/mol. The average molecular weight is 609 g/mol. The highest BCUT2D eigenvalue weighted by atomic mass is 31.1. The van der Waals surface area contributed by atoms with Gasteiger partial charge in [-0.25, -0.2) is 8.78 Å². The van der Waals surface area contributed by atoms with Crippen LogP contribution in [0.3, 0.4) is 0 Å². The molecule has 0 saturated carbocycles. The monoisotopic (exact) mass is 609 g/mol. The van der Waals surface area contributed by atoms with Crippen molar-refractivity contribution in [2.75, 3.05) is 0 Å². The quantitative estimate of drug-likeness (QED) is 0.166. The number of rotatable bonds is 12. The van der Waals surface area contributed by atoms with Crippen molar-refractivity contribution in [3.8, 4) is 0 Å². The first-order valence-corrected chi connectivity index (χ1v) is 8.98. The molecule has 0 aliphatic carbocycles. The zero-order valence-electron chi connectivity index (χ0n) is 15.8. The molecule has 0 N–H and O–H groups in total. The normalized spacial score (nSPS) is 17.7. The second-order valence-electron chi connectivity index (χ2n) is 6.36. The van der Waals surface area contributed by atoms with Crippen LogP contribution in [0.25, 0.3) is 0 Å². The lowest BCUT2D eigenvalue weighted by molar-refractivity contribution is -0.399. The highest BCUT2D eigenvalue weighted by Crippen LogP contribution is 2.56. The van der Waals surface area contributed by atoms with Gasteiger partial charge in [-0.15, -0.1) is 0 Å². The molecular formula is C12H6F20O3P+. The van der Waals surface area contributed by atoms with Gasteiger partial charge >= 0.3 is 56.1 Å². The van der Waals surface area contributed by atoms with Gasteiger partial charge in [0.2, 0.25) is 0 Å². The molecule has 0 heterocycles. The maximum Gasteiger partial charge on any atom is 0.703 e. The number of alkyl halides is 20. The first-order valence-electron chi connectivity index (χ1n) is 7.88. The Balaban J connectivity index is 5.37. The first kappa shape index (κ1) is 34.6. The van der Waals surface area contributed by atoms with Crippen LogP contribution < -0.4 is 0 Å². The Kier molecular flexibility index (Phi) is 9.68. The highest BCUT2D eigenvalue weighted by molar-refractivity contribution is 7.33. The molecule has 0 saturated heterocycles. The van der Waals surface area contributed by atoms with Gasteiger partial charge in [-0.2, -0.15) is 79.0 Å². The van der Waals surface area contributed by atoms with Gasteiger partial charge in [0, 0.05) is 4.57 Å². The Morgan fingerprint density at radius 3 is 0.889 bits per heavy atom. The minimum atomic E-state index is -7.51. The van der Waals surface area contributed by atoms with E-state index in [1.807, 2.05) is 0 Å². The van der Waals surface area contributed by atoms with Crippen LogP contribution >= 0.6 is 8.25 Å². The summed E-state index contributed by atoms with van der Waals surface area (Å²) in [4.78, 5) is 0. The third-order valence-electron chi connectivity index (χ3n) is 3.65. The predicted octanol–water partition coefficient (Wildman–Crippen LogP) is 7.98. The fourth-order valence-corrected chi connectivity index (χ4v) is 2.33. The largest absolute Gasteiger partial charge is 0.703 e. The molecule has 216 valence electrons. The Bertz CT molecular complexity index is 711. The summed E-state index contributed by atoms with van der Waals surface area (Å²) in [6, 6.07) is 0. The van der Waals surface area contributed by atoms with Crippen molar-refractivity contribution in [1.29, 1.82) is 0 Å². The van der Waals surface area contributed by atoms with Crippen molar-refractivity contribution >= 4 is 8.25 Å². The van der Waals surface area contributed by atoms with E-state index in [1.165, 1.54) is 0 Å². The van der Waals surface area contributed by atoms with Crippen LogP contribution in [0, 0.1) is 0 Å². The molecule has 36 heavy (non-hydrogen) atoms. The number of hydrogen-bond donors (Lipinski definition) is 0. The minimum Gasteiger partial charge on any atom is -0.211 e. The van der Waals surface area contributed by atoms with Crippen molar-refractivity contribution in [3.63, 3.8) is 0 Å². The van der Waals surface area contributed by atoms with E-state index >= 15 is 0 Å². The molecule has 2 unspecified atom stereocenters. The van der Waals surface area contributed by atoms with E-state index in [9.17, 15) is 92.4 Å². The van der Waals surface area contributed by atoms with E-state index in [2.05, 4.69) is 9.05 Å². The summed E-state index contributed by atoms with van der Waals surface area (Å²) in [5, 5.41) is 0. The Morgan fingerprint density at radius 1 is 0.472 bits per heavy atom. The molecule has 0 aromatic carbocycles. The lowest BCUT2D eigenvalue weighted by Crippen LogP contribution is -2.61. The standard InChI is InChI=1S/C12H6F20O3P/c13-3(1-5(15,16)7(19,20)9(23,24)11(27,28)29)34-36(33)35-4(14)2-6(17,18)8(21,22)10(25,26)12(30,31)32/h3-4H,1-2H2/q+1. The van der Waals surface area contributed by atoms with Crippen LogP contribution in [0.5, 0.6) is 0 Å². The SMILES string of the molecule is O=[P+](OC(F)CC(F)(F)C(F)(F)C(F)(F)C(F)(F)F)OC(F)CC(F)(F)C(F)(F)C(F)(F)C(F)(F)F. The van der Waals surface area contributed by atoms with Crippen molar-refractivity contribution in [1.82, 2.24) is 0 Å². The van der Waals surface area contributed by atoms with Crippen LogP contribution in [0.15, 0.2) is 0 Å². The molecule has 0 radical (unpaired) electrons. The second kappa shape index (κ2) is 10.1. The summed E-state index contributed by atoms with van der Waals surface area (Å²) in [6.45, 7) is 0. The van der Waals surface area contributed by atoms with E-state index in [0.717, 1.165) is 0 Å². The second-order valence-corrected chi connectivity index (χ2v) is 7.23. The molecule has 0 bridgehead atoms. The van der Waals surface area contributed by atoms with Crippen molar-refractivity contribution < 1.29 is 101 Å². The van der Waals surface area contributed by atoms with Gasteiger partial charge < -0.3 is 0 Å². The summed E-state index contributed by atoms with van der Waals surface area (Å²) in [5.41, 5.74) is 0. The fourth-order valence-electron chi connectivity index (χ4n) is 1.76. The van der Waals surface area contributed by atoms with E-state index in [-0.39, 0.29) is 0 Å². The van der Waals surface area contributed by atoms with Gasteiger partial charge in [0.15, 0.2) is 0 Å². The van der Waals surface area contributed by atoms with Gasteiger partial charge in [0.25, 0.3) is 12.7 Å². The fraction of sp³-hybridized carbons (Fsp3) is 1.00. The molecule has 0 amide bonds. The van der Waals surface area contributed by atoms with Crippen LogP contribution in [0.1, 0.15) is 12.8 Å². The van der Waals surface area contributed by atoms with Crippen LogP contribution in [-0.2, 0) is 13.6 Å². The van der Waals surface area contributed by atoms with E-state index in [1.54, 1.807) is 0 Å². The molecule has 0 aromatic heterocycles. The smallest absolute Gasteiger partial charge is 0.211 e. The molecule has 0 aromatic rings. The van der Waals surface area contributed by atoms with Gasteiger partial charge in [-0.3, -0.25) is 0 Å². The minimum absolute atomic E-state index is 2.95. The topological polar surface area (TPSA) is 35.5 Å². The van der Waals surface area contributed by atoms with E-state index < -0.39 is 81.7 Å². The maximum atomic E-state index is 13.2. The van der Waals surface area contributed by atoms with E-state index in [4.69, 9.17) is 0 Å². The van der Waals surface area contributed by atoms with Gasteiger partial charge in [-0.05, 0) is 0 Å². The van der Waals surface area contributed by atoms with Crippen molar-refractivity contribution in [3.05, 3.63) is 0 Å². The summed E-state index contributed by atoms with van der Waals surface area (Å²) >= 11 is 0. The Morgan fingerprint density at radius 2 is 0.694 bits per heavy atom. The molecule has 0 spiro atoms. The first-order chi connectivity index (χ1) is 15.4.